The first-order chi connectivity index (χ1) is 6.40. The first-order valence-electron chi connectivity index (χ1n) is 4.45. The molecule has 1 unspecified atom stereocenters. The molecule has 2 heterocycles. The van der Waals surface area contributed by atoms with E-state index in [4.69, 9.17) is 4.74 Å². The topological polar surface area (TPSA) is 22.1 Å². The molecule has 2 nitrogen and oxygen atoms in total. The third-order valence-electron chi connectivity index (χ3n) is 2.07. The van der Waals surface area contributed by atoms with Crippen LogP contribution < -0.4 is 0 Å². The van der Waals surface area contributed by atoms with Crippen LogP contribution in [0, 0.1) is 0 Å². The van der Waals surface area contributed by atoms with Crippen molar-refractivity contribution < 1.29 is 4.74 Å². The molecule has 0 aromatic carbocycles. The van der Waals surface area contributed by atoms with Crippen LogP contribution in [-0.2, 0) is 11.3 Å². The smallest absolute Gasteiger partial charge is 0.106 e. The highest BCUT2D eigenvalue weighted by molar-refractivity contribution is 7.99. The van der Waals surface area contributed by atoms with Crippen LogP contribution >= 0.6 is 23.1 Å². The highest BCUT2D eigenvalue weighted by atomic mass is 32.2. The lowest BCUT2D eigenvalue weighted by atomic mass is 10.3. The van der Waals surface area contributed by atoms with Gasteiger partial charge in [0, 0.05) is 12.5 Å². The first-order valence-corrected chi connectivity index (χ1v) is 6.38. The number of thiazole rings is 1. The van der Waals surface area contributed by atoms with Gasteiger partial charge >= 0.3 is 0 Å². The molecule has 1 aliphatic heterocycles. The maximum absolute atomic E-state index is 5.04. The molecule has 1 aromatic rings. The van der Waals surface area contributed by atoms with Crippen LogP contribution in [0.5, 0.6) is 0 Å². The van der Waals surface area contributed by atoms with E-state index in [1.165, 1.54) is 23.6 Å². The summed E-state index contributed by atoms with van der Waals surface area (Å²) in [5.41, 5.74) is 1.08. The molecule has 0 saturated carbocycles. The van der Waals surface area contributed by atoms with Crippen LogP contribution in [0.4, 0.5) is 0 Å². The zero-order valence-corrected chi connectivity index (χ0v) is 9.29. The van der Waals surface area contributed by atoms with Crippen LogP contribution in [0.1, 0.15) is 28.8 Å². The molecule has 0 aliphatic carbocycles. The van der Waals surface area contributed by atoms with E-state index in [-0.39, 0.29) is 0 Å². The van der Waals surface area contributed by atoms with E-state index in [2.05, 4.69) is 10.4 Å². The Kier molecular flexibility index (Phi) is 3.24. The maximum atomic E-state index is 5.04. The van der Waals surface area contributed by atoms with Crippen molar-refractivity contribution in [2.75, 3.05) is 12.9 Å². The Morgan fingerprint density at radius 3 is 3.31 bits per heavy atom. The fraction of sp³-hybridized carbons (Fsp3) is 0.667. The molecule has 1 aliphatic rings. The summed E-state index contributed by atoms with van der Waals surface area (Å²) < 4.78 is 5.04. The van der Waals surface area contributed by atoms with Crippen molar-refractivity contribution in [1.82, 2.24) is 4.98 Å². The van der Waals surface area contributed by atoms with Crippen LogP contribution in [0.25, 0.3) is 0 Å². The molecule has 1 atom stereocenters. The van der Waals surface area contributed by atoms with Crippen molar-refractivity contribution in [2.45, 2.75) is 24.7 Å². The van der Waals surface area contributed by atoms with Crippen LogP contribution in [-0.4, -0.2) is 17.8 Å². The predicted octanol–water partition coefficient (Wildman–Crippen LogP) is 2.86. The van der Waals surface area contributed by atoms with Gasteiger partial charge in [0.2, 0.25) is 0 Å². The quantitative estimate of drug-likeness (QED) is 0.774. The minimum absolute atomic E-state index is 0.647. The second-order valence-corrected chi connectivity index (χ2v) is 5.31. The van der Waals surface area contributed by atoms with Gasteiger partial charge in [-0.25, -0.2) is 4.98 Å². The van der Waals surface area contributed by atoms with Gasteiger partial charge in [0.05, 0.1) is 17.6 Å². The minimum atomic E-state index is 0.647. The SMILES string of the molecule is COCc1csc(C2CCCS2)n1. The Balaban J connectivity index is 2.03. The number of thioether (sulfide) groups is 1. The molecular weight excluding hydrogens is 202 g/mol. The summed E-state index contributed by atoms with van der Waals surface area (Å²) in [6.07, 6.45) is 2.64. The molecule has 0 radical (unpaired) electrons. The lowest BCUT2D eigenvalue weighted by molar-refractivity contribution is 0.182. The van der Waals surface area contributed by atoms with Gasteiger partial charge in [-0.1, -0.05) is 0 Å². The second-order valence-electron chi connectivity index (χ2n) is 3.11. The van der Waals surface area contributed by atoms with Gasteiger partial charge in [0.1, 0.15) is 5.01 Å². The lowest BCUT2D eigenvalue weighted by Gasteiger charge is -2.01. The summed E-state index contributed by atoms with van der Waals surface area (Å²) in [7, 11) is 1.71. The fourth-order valence-electron chi connectivity index (χ4n) is 1.46. The maximum Gasteiger partial charge on any atom is 0.106 e. The monoisotopic (exact) mass is 215 g/mol. The molecule has 0 spiro atoms. The number of nitrogens with zero attached hydrogens (tertiary/aromatic N) is 1. The van der Waals surface area contributed by atoms with Crippen molar-refractivity contribution in [3.05, 3.63) is 16.1 Å². The van der Waals surface area contributed by atoms with Crippen LogP contribution in [0.3, 0.4) is 0 Å². The average molecular weight is 215 g/mol. The van der Waals surface area contributed by atoms with Gasteiger partial charge in [0.25, 0.3) is 0 Å². The van der Waals surface area contributed by atoms with Crippen LogP contribution in [0.2, 0.25) is 0 Å². The molecule has 4 heteroatoms. The minimum Gasteiger partial charge on any atom is -0.378 e. The summed E-state index contributed by atoms with van der Waals surface area (Å²) in [6, 6.07) is 0. The van der Waals surface area contributed by atoms with Gasteiger partial charge < -0.3 is 4.74 Å². The van der Waals surface area contributed by atoms with Crippen LogP contribution in [0.15, 0.2) is 5.38 Å². The van der Waals surface area contributed by atoms with E-state index in [9.17, 15) is 0 Å². The third kappa shape index (κ3) is 2.24. The Hall–Kier alpha value is -0.0600. The molecule has 0 bridgehead atoms. The fourth-order valence-corrected chi connectivity index (χ4v) is 3.79. The van der Waals surface area contributed by atoms with Crippen molar-refractivity contribution in [2.24, 2.45) is 0 Å². The van der Waals surface area contributed by atoms with E-state index in [0.29, 0.717) is 11.9 Å². The molecule has 2 rings (SSSR count). The van der Waals surface area contributed by atoms with Gasteiger partial charge in [-0.2, -0.15) is 11.8 Å². The molecule has 1 fully saturated rings. The Morgan fingerprint density at radius 1 is 1.69 bits per heavy atom. The van der Waals surface area contributed by atoms with E-state index in [1.807, 2.05) is 11.8 Å². The van der Waals surface area contributed by atoms with Crippen molar-refractivity contribution in [3.8, 4) is 0 Å². The lowest BCUT2D eigenvalue weighted by Crippen LogP contribution is -1.90. The first kappa shape index (κ1) is 9.49. The summed E-state index contributed by atoms with van der Waals surface area (Å²) in [5, 5.41) is 4.06. The molecule has 1 saturated heterocycles. The summed E-state index contributed by atoms with van der Waals surface area (Å²) in [6.45, 7) is 0.647. The molecule has 13 heavy (non-hydrogen) atoms. The highest BCUT2D eigenvalue weighted by Gasteiger charge is 2.20. The van der Waals surface area contributed by atoms with Gasteiger partial charge in [-0.05, 0) is 18.6 Å². The molecular formula is C9H13NOS2. The Labute approximate surface area is 86.7 Å². The van der Waals surface area contributed by atoms with Crippen molar-refractivity contribution in [1.29, 1.82) is 0 Å². The number of aromatic nitrogens is 1. The molecule has 0 amide bonds. The van der Waals surface area contributed by atoms with E-state index < -0.39 is 0 Å². The number of rotatable bonds is 3. The van der Waals surface area contributed by atoms with Gasteiger partial charge in [0.15, 0.2) is 0 Å². The van der Waals surface area contributed by atoms with E-state index >= 15 is 0 Å². The number of hydrogen-bond donors (Lipinski definition) is 0. The molecule has 0 N–H and O–H groups in total. The number of ether oxygens (including phenoxy) is 1. The highest BCUT2D eigenvalue weighted by Crippen LogP contribution is 2.40. The van der Waals surface area contributed by atoms with Gasteiger partial charge in [-0.3, -0.25) is 0 Å². The normalized spacial score (nSPS) is 22.4. The van der Waals surface area contributed by atoms with E-state index in [0.717, 1.165) is 5.69 Å². The van der Waals surface area contributed by atoms with E-state index in [1.54, 1.807) is 18.4 Å². The Bertz CT molecular complexity index is 268. The zero-order chi connectivity index (χ0) is 9.10. The average Bonchev–Trinajstić information content (AvgIpc) is 2.70. The standard InChI is InChI=1S/C9H13NOS2/c1-11-5-7-6-13-9(10-7)8-3-2-4-12-8/h6,8H,2-5H2,1H3. The second kappa shape index (κ2) is 4.44. The molecule has 1 aromatic heterocycles. The predicted molar refractivity (Wildman–Crippen MR) is 57.3 cm³/mol. The zero-order valence-electron chi connectivity index (χ0n) is 7.66. The van der Waals surface area contributed by atoms with Crippen molar-refractivity contribution in [3.63, 3.8) is 0 Å². The summed E-state index contributed by atoms with van der Waals surface area (Å²) in [5.74, 6) is 1.30. The van der Waals surface area contributed by atoms with Gasteiger partial charge in [-0.15, -0.1) is 11.3 Å². The third-order valence-corrected chi connectivity index (χ3v) is 4.61. The largest absolute Gasteiger partial charge is 0.378 e. The summed E-state index contributed by atoms with van der Waals surface area (Å²) >= 11 is 3.81. The number of hydrogen-bond acceptors (Lipinski definition) is 4. The summed E-state index contributed by atoms with van der Waals surface area (Å²) in [4.78, 5) is 4.55. The molecule has 72 valence electrons. The Morgan fingerprint density at radius 2 is 2.62 bits per heavy atom. The number of methoxy groups -OCH3 is 1. The van der Waals surface area contributed by atoms with Crippen molar-refractivity contribution >= 4 is 23.1 Å².